The zero-order valence-electron chi connectivity index (χ0n) is 29.6. The minimum atomic E-state index is 0.0321. The largest absolute Gasteiger partial charge is 0.0654 e. The average Bonchev–Trinajstić information content (AvgIpc) is 3.37. The van der Waals surface area contributed by atoms with Gasteiger partial charge in [0.05, 0.1) is 0 Å². The van der Waals surface area contributed by atoms with Crippen LogP contribution in [-0.4, -0.2) is 0 Å². The van der Waals surface area contributed by atoms with E-state index in [2.05, 4.69) is 125 Å². The molecule has 1 aliphatic carbocycles. The maximum absolute atomic E-state index is 2.64. The second-order valence-electron chi connectivity index (χ2n) is 14.5. The summed E-state index contributed by atoms with van der Waals surface area (Å²) in [7, 11) is 0. The molecule has 47 heavy (non-hydrogen) atoms. The molecule has 0 fully saturated rings. The van der Waals surface area contributed by atoms with E-state index in [1.807, 2.05) is 0 Å². The molecule has 0 radical (unpaired) electrons. The Hall–Kier alpha value is -3.64. The molecule has 0 atom stereocenters. The second kappa shape index (κ2) is 15.5. The van der Waals surface area contributed by atoms with Gasteiger partial charge in [0.2, 0.25) is 0 Å². The summed E-state index contributed by atoms with van der Waals surface area (Å²) >= 11 is 0. The van der Waals surface area contributed by atoms with Gasteiger partial charge in [-0.05, 0) is 94.1 Å². The van der Waals surface area contributed by atoms with E-state index in [-0.39, 0.29) is 5.41 Å². The predicted octanol–water partition coefficient (Wildman–Crippen LogP) is 14.6. The minimum absolute atomic E-state index is 0.0321. The van der Waals surface area contributed by atoms with Crippen molar-refractivity contribution in [2.45, 2.75) is 123 Å². The highest BCUT2D eigenvalue weighted by Gasteiger charge is 2.43. The van der Waals surface area contributed by atoms with Crippen LogP contribution in [-0.2, 0) is 5.41 Å². The molecule has 5 aromatic rings. The van der Waals surface area contributed by atoms with E-state index < -0.39 is 0 Å². The van der Waals surface area contributed by atoms with Gasteiger partial charge in [-0.25, -0.2) is 0 Å². The van der Waals surface area contributed by atoms with Crippen LogP contribution in [0.25, 0.3) is 44.2 Å². The Morgan fingerprint density at radius 2 is 0.936 bits per heavy atom. The minimum Gasteiger partial charge on any atom is -0.0654 e. The molecule has 1 aliphatic rings. The van der Waals surface area contributed by atoms with Crippen molar-refractivity contribution in [1.82, 2.24) is 0 Å². The molecule has 0 aliphatic heterocycles. The second-order valence-corrected chi connectivity index (χ2v) is 14.5. The average molecular weight is 621 g/mol. The van der Waals surface area contributed by atoms with Crippen LogP contribution in [0.2, 0.25) is 0 Å². The first-order chi connectivity index (χ1) is 23.1. The fourth-order valence-electron chi connectivity index (χ4n) is 8.32. The Balaban J connectivity index is 1.52. The SMILES string of the molecule is CCCCCCCCC1(CCCCCCCC)c2cc(-c3ccc(C)cc3)ccc2-c2c1cc(-c1ccc(C)cc1)c1ccccc21. The standard InChI is InChI=1S/C47H56/c1-5-7-9-11-13-17-31-47(32-18-14-12-10-8-6-2)44-33-39(37-25-21-35(3)22-26-37)29-30-42(44)46-41-20-16-15-19-40(41)43(34-45(46)47)38-27-23-36(4)24-28-38/h15-16,19-30,33-34H,5-14,17-18,31-32H2,1-4H3. The first kappa shape index (κ1) is 33.3. The number of hydrogen-bond acceptors (Lipinski definition) is 0. The van der Waals surface area contributed by atoms with Crippen molar-refractivity contribution < 1.29 is 0 Å². The van der Waals surface area contributed by atoms with Crippen molar-refractivity contribution >= 4 is 10.8 Å². The molecule has 0 N–H and O–H groups in total. The number of unbranched alkanes of at least 4 members (excludes halogenated alkanes) is 10. The maximum Gasteiger partial charge on any atom is 0.0215 e. The van der Waals surface area contributed by atoms with Gasteiger partial charge >= 0.3 is 0 Å². The third-order valence-corrected chi connectivity index (χ3v) is 11.0. The lowest BCUT2D eigenvalue weighted by atomic mass is 9.69. The molecule has 0 bridgehead atoms. The Kier molecular flexibility index (Phi) is 11.0. The highest BCUT2D eigenvalue weighted by Crippen LogP contribution is 2.58. The normalized spacial score (nSPS) is 13.2. The topological polar surface area (TPSA) is 0 Å². The number of aryl methyl sites for hydroxylation is 2. The van der Waals surface area contributed by atoms with E-state index in [0.717, 1.165) is 0 Å². The van der Waals surface area contributed by atoms with Gasteiger partial charge in [-0.3, -0.25) is 0 Å². The molecule has 0 heteroatoms. The summed E-state index contributed by atoms with van der Waals surface area (Å²) in [4.78, 5) is 0. The van der Waals surface area contributed by atoms with Gasteiger partial charge in [0.15, 0.2) is 0 Å². The zero-order valence-corrected chi connectivity index (χ0v) is 29.6. The Labute approximate surface area is 285 Å². The van der Waals surface area contributed by atoms with Crippen LogP contribution in [0.5, 0.6) is 0 Å². The van der Waals surface area contributed by atoms with Crippen molar-refractivity contribution in [3.8, 4) is 33.4 Å². The first-order valence-corrected chi connectivity index (χ1v) is 18.9. The van der Waals surface area contributed by atoms with Gasteiger partial charge in [0.25, 0.3) is 0 Å². The molecule has 244 valence electrons. The van der Waals surface area contributed by atoms with Crippen molar-refractivity contribution in [3.63, 3.8) is 0 Å². The third kappa shape index (κ3) is 7.13. The number of hydrogen-bond donors (Lipinski definition) is 0. The fraction of sp³-hybridized carbons (Fsp3) is 0.404. The molecule has 0 unspecified atom stereocenters. The van der Waals surface area contributed by atoms with E-state index in [0.29, 0.717) is 0 Å². The molecule has 0 amide bonds. The van der Waals surface area contributed by atoms with Crippen LogP contribution in [0.4, 0.5) is 0 Å². The van der Waals surface area contributed by atoms with E-state index in [4.69, 9.17) is 0 Å². The van der Waals surface area contributed by atoms with Crippen LogP contribution in [0.3, 0.4) is 0 Å². The smallest absolute Gasteiger partial charge is 0.0215 e. The van der Waals surface area contributed by atoms with Gasteiger partial charge in [0, 0.05) is 5.41 Å². The molecule has 6 rings (SSSR count). The van der Waals surface area contributed by atoms with E-state index >= 15 is 0 Å². The van der Waals surface area contributed by atoms with E-state index in [1.165, 1.54) is 145 Å². The van der Waals surface area contributed by atoms with Crippen molar-refractivity contribution in [2.24, 2.45) is 0 Å². The third-order valence-electron chi connectivity index (χ3n) is 11.0. The molecule has 0 spiro atoms. The summed E-state index contributed by atoms with van der Waals surface area (Å²) in [5.74, 6) is 0. The van der Waals surface area contributed by atoms with Crippen molar-refractivity contribution in [1.29, 1.82) is 0 Å². The van der Waals surface area contributed by atoms with Crippen LogP contribution < -0.4 is 0 Å². The molecular formula is C47H56. The van der Waals surface area contributed by atoms with Crippen LogP contribution in [0.1, 0.15) is 126 Å². The first-order valence-electron chi connectivity index (χ1n) is 18.9. The number of fused-ring (bicyclic) bond motifs is 5. The van der Waals surface area contributed by atoms with Gasteiger partial charge in [-0.15, -0.1) is 0 Å². The molecule has 0 nitrogen and oxygen atoms in total. The Bertz CT molecular complexity index is 1740. The summed E-state index contributed by atoms with van der Waals surface area (Å²) in [6.07, 6.45) is 18.5. The summed E-state index contributed by atoms with van der Waals surface area (Å²) in [6.45, 7) is 9.03. The van der Waals surface area contributed by atoms with E-state index in [1.54, 1.807) is 11.1 Å². The lowest BCUT2D eigenvalue weighted by Gasteiger charge is -2.34. The van der Waals surface area contributed by atoms with Gasteiger partial charge in [-0.2, -0.15) is 0 Å². The Morgan fingerprint density at radius 3 is 1.53 bits per heavy atom. The Morgan fingerprint density at radius 1 is 0.426 bits per heavy atom. The predicted molar refractivity (Wildman–Crippen MR) is 206 cm³/mol. The number of rotatable bonds is 16. The highest BCUT2D eigenvalue weighted by atomic mass is 14.5. The number of benzene rings is 5. The molecule has 0 saturated heterocycles. The zero-order chi connectivity index (χ0) is 32.6. The maximum atomic E-state index is 2.64. The van der Waals surface area contributed by atoms with Crippen LogP contribution in [0, 0.1) is 13.8 Å². The van der Waals surface area contributed by atoms with E-state index in [9.17, 15) is 0 Å². The highest BCUT2D eigenvalue weighted by molar-refractivity contribution is 6.09. The van der Waals surface area contributed by atoms with Crippen LogP contribution in [0.15, 0.2) is 97.1 Å². The summed E-state index contributed by atoms with van der Waals surface area (Å²) in [6, 6.07) is 37.7. The van der Waals surface area contributed by atoms with Gasteiger partial charge < -0.3 is 0 Å². The summed E-state index contributed by atoms with van der Waals surface area (Å²) in [5, 5.41) is 2.79. The summed E-state index contributed by atoms with van der Waals surface area (Å²) < 4.78 is 0. The van der Waals surface area contributed by atoms with Crippen molar-refractivity contribution in [2.75, 3.05) is 0 Å². The lowest BCUT2D eigenvalue weighted by molar-refractivity contribution is 0.398. The molecular weight excluding hydrogens is 565 g/mol. The molecule has 0 saturated carbocycles. The molecule has 0 aromatic heterocycles. The lowest BCUT2D eigenvalue weighted by Crippen LogP contribution is -2.26. The molecule has 0 heterocycles. The molecule has 5 aromatic carbocycles. The van der Waals surface area contributed by atoms with Gasteiger partial charge in [-0.1, -0.05) is 187 Å². The van der Waals surface area contributed by atoms with Crippen LogP contribution >= 0.6 is 0 Å². The fourth-order valence-corrected chi connectivity index (χ4v) is 8.32. The summed E-state index contributed by atoms with van der Waals surface area (Å²) in [5.41, 5.74) is 14.2. The monoisotopic (exact) mass is 620 g/mol. The quantitative estimate of drug-likeness (QED) is 0.0963. The van der Waals surface area contributed by atoms with Gasteiger partial charge in [0.1, 0.15) is 0 Å². The van der Waals surface area contributed by atoms with Crippen molar-refractivity contribution in [3.05, 3.63) is 119 Å².